The van der Waals surface area contributed by atoms with E-state index in [2.05, 4.69) is 32.5 Å². The quantitative estimate of drug-likeness (QED) is 0.0926. The molecule has 0 unspecified atom stereocenters. The first kappa shape index (κ1) is 28.4. The van der Waals surface area contributed by atoms with Gasteiger partial charge in [0.25, 0.3) is 5.88 Å². The van der Waals surface area contributed by atoms with Gasteiger partial charge in [0, 0.05) is 19.2 Å². The van der Waals surface area contributed by atoms with Crippen molar-refractivity contribution in [1.29, 1.82) is 0 Å². The monoisotopic (exact) mass is 561 g/mol. The molecule has 3 heterocycles. The number of allylic oxidation sites excluding steroid dienone is 4. The van der Waals surface area contributed by atoms with Crippen LogP contribution in [0.5, 0.6) is 5.88 Å². The van der Waals surface area contributed by atoms with E-state index in [0.29, 0.717) is 34.3 Å². The van der Waals surface area contributed by atoms with Gasteiger partial charge in [-0.15, -0.1) is 5.10 Å². The van der Waals surface area contributed by atoms with E-state index in [1.54, 1.807) is 16.6 Å². The molecule has 0 radical (unpaired) electrons. The lowest BCUT2D eigenvalue weighted by molar-refractivity contribution is -0.671. The number of nitrogen functional groups attached to an aromatic ring is 2. The Balaban J connectivity index is 0.00000370. The summed E-state index contributed by atoms with van der Waals surface area (Å²) in [5.74, 6) is 0.353. The van der Waals surface area contributed by atoms with Crippen LogP contribution in [0.4, 0.5) is 28.4 Å². The molecule has 0 aliphatic heterocycles. The fraction of sp³-hybridized carbons (Fsp3) is 0.214. The lowest BCUT2D eigenvalue weighted by Gasteiger charge is -2.13. The van der Waals surface area contributed by atoms with E-state index >= 15 is 0 Å². The average molecular weight is 562 g/mol. The molecule has 0 saturated heterocycles. The predicted molar refractivity (Wildman–Crippen MR) is 154 cm³/mol. The minimum absolute atomic E-state index is 0. The second-order valence-corrected chi connectivity index (χ2v) is 9.09. The number of nitrogens with one attached hydrogen (secondary N) is 1. The second-order valence-electron chi connectivity index (χ2n) is 9.09. The summed E-state index contributed by atoms with van der Waals surface area (Å²) in [7, 11) is 2.01. The van der Waals surface area contributed by atoms with Gasteiger partial charge in [0.15, 0.2) is 0 Å². The smallest absolute Gasteiger partial charge is 0.258 e. The number of fused-ring (bicyclic) bond motifs is 1. The maximum absolute atomic E-state index is 9.22. The van der Waals surface area contributed by atoms with E-state index in [-0.39, 0.29) is 25.6 Å². The molecule has 40 heavy (non-hydrogen) atoms. The van der Waals surface area contributed by atoms with Crippen LogP contribution in [0.2, 0.25) is 0 Å². The van der Waals surface area contributed by atoms with Gasteiger partial charge in [0.05, 0.1) is 59.9 Å². The number of aliphatic hydroxyl groups is 1. The van der Waals surface area contributed by atoms with Crippen LogP contribution in [-0.4, -0.2) is 50.5 Å². The first-order valence-corrected chi connectivity index (χ1v) is 12.7. The fourth-order valence-electron chi connectivity index (χ4n) is 4.17. The number of hydrogen-bond acceptors (Lipinski definition) is 8. The molecule has 4 aromatic rings. The lowest BCUT2D eigenvalue weighted by atomic mass is 10.1. The zero-order valence-corrected chi connectivity index (χ0v) is 22.9. The molecule has 0 bridgehead atoms. The molecule has 12 heteroatoms. The topological polar surface area (TPSA) is 144 Å². The van der Waals surface area contributed by atoms with Crippen LogP contribution in [-0.2, 0) is 13.6 Å². The highest BCUT2D eigenvalue weighted by Crippen LogP contribution is 2.37. The summed E-state index contributed by atoms with van der Waals surface area (Å²) in [5.41, 5.74) is 17.7. The van der Waals surface area contributed by atoms with E-state index in [9.17, 15) is 5.11 Å². The summed E-state index contributed by atoms with van der Waals surface area (Å²) in [6.07, 6.45) is 16.6. The van der Waals surface area contributed by atoms with Gasteiger partial charge < -0.3 is 39.0 Å². The number of imidazole rings is 1. The normalized spacial score (nSPS) is 12.4. The maximum atomic E-state index is 9.22. The number of halogens is 1. The van der Waals surface area contributed by atoms with Crippen molar-refractivity contribution in [1.82, 2.24) is 14.2 Å². The van der Waals surface area contributed by atoms with Gasteiger partial charge >= 0.3 is 0 Å². The molecular weight excluding hydrogens is 530 g/mol. The van der Waals surface area contributed by atoms with E-state index < -0.39 is 0 Å². The molecular formula is C28H32ClN9O2. The second kappa shape index (κ2) is 13.0. The van der Waals surface area contributed by atoms with E-state index in [1.807, 2.05) is 66.5 Å². The van der Waals surface area contributed by atoms with E-state index in [1.165, 1.54) is 0 Å². The Morgan fingerprint density at radius 1 is 1.07 bits per heavy atom. The fourth-order valence-corrected chi connectivity index (χ4v) is 4.17. The van der Waals surface area contributed by atoms with Crippen LogP contribution in [0.25, 0.3) is 5.52 Å². The van der Waals surface area contributed by atoms with Gasteiger partial charge in [-0.25, -0.2) is 18.6 Å². The Morgan fingerprint density at radius 2 is 1.88 bits per heavy atom. The molecule has 1 aromatic carbocycles. The Labute approximate surface area is 238 Å². The van der Waals surface area contributed by atoms with Crippen LogP contribution in [0, 0.1) is 0 Å². The van der Waals surface area contributed by atoms with Crippen LogP contribution < -0.4 is 38.5 Å². The van der Waals surface area contributed by atoms with Gasteiger partial charge in [0.2, 0.25) is 6.33 Å². The van der Waals surface area contributed by atoms with Gasteiger partial charge in [-0.3, -0.25) is 4.99 Å². The largest absolute Gasteiger partial charge is 1.00 e. The molecule has 0 saturated carbocycles. The zero-order valence-electron chi connectivity index (χ0n) is 22.1. The predicted octanol–water partition coefficient (Wildman–Crippen LogP) is -0.0268. The SMILES string of the molecule is C[n+]1ccn(CCCN=C2C=CC(=Nc3cc(Nc4c(OCCO)nn5ccccc45)c(N)cc3N)C=C2)c1.[Cl-]. The summed E-state index contributed by atoms with van der Waals surface area (Å²) < 4.78 is 11.5. The van der Waals surface area contributed by atoms with E-state index in [4.69, 9.17) is 21.2 Å². The van der Waals surface area contributed by atoms with Crippen LogP contribution in [0.1, 0.15) is 6.42 Å². The highest BCUT2D eigenvalue weighted by molar-refractivity contribution is 6.19. The summed E-state index contributed by atoms with van der Waals surface area (Å²) in [4.78, 5) is 9.40. The third kappa shape index (κ3) is 6.68. The van der Waals surface area contributed by atoms with Crippen LogP contribution in [0.3, 0.4) is 0 Å². The number of benzene rings is 1. The van der Waals surface area contributed by atoms with Crippen molar-refractivity contribution in [3.05, 3.63) is 79.6 Å². The minimum atomic E-state index is -0.126. The molecule has 1 aliphatic carbocycles. The molecule has 3 aromatic heterocycles. The molecule has 0 spiro atoms. The van der Waals surface area contributed by atoms with E-state index in [0.717, 1.165) is 36.5 Å². The van der Waals surface area contributed by atoms with Crippen molar-refractivity contribution in [2.45, 2.75) is 13.0 Å². The first-order valence-electron chi connectivity index (χ1n) is 12.7. The highest BCUT2D eigenvalue weighted by atomic mass is 35.5. The Bertz CT molecular complexity index is 1580. The molecule has 0 amide bonds. The van der Waals surface area contributed by atoms with Crippen LogP contribution in [0.15, 0.2) is 89.5 Å². The van der Waals surface area contributed by atoms with Gasteiger partial charge in [-0.05, 0) is 48.6 Å². The summed E-state index contributed by atoms with van der Waals surface area (Å²) in [6.45, 7) is 1.66. The number of anilines is 4. The minimum Gasteiger partial charge on any atom is -1.00 e. The molecule has 1 aliphatic rings. The summed E-state index contributed by atoms with van der Waals surface area (Å²) in [6, 6.07) is 9.16. The van der Waals surface area contributed by atoms with Crippen molar-refractivity contribution in [3.63, 3.8) is 0 Å². The van der Waals surface area contributed by atoms with Gasteiger partial charge in [0.1, 0.15) is 24.7 Å². The molecule has 11 nitrogen and oxygen atoms in total. The molecule has 5 rings (SSSR count). The molecule has 6 N–H and O–H groups in total. The number of ether oxygens (including phenoxy) is 1. The average Bonchev–Trinajstić information content (AvgIpc) is 3.51. The number of hydrogen-bond donors (Lipinski definition) is 4. The summed E-state index contributed by atoms with van der Waals surface area (Å²) in [5, 5.41) is 17.0. The molecule has 0 atom stereocenters. The lowest BCUT2D eigenvalue weighted by Crippen LogP contribution is -3.00. The molecule has 0 fully saturated rings. The molecule has 208 valence electrons. The highest BCUT2D eigenvalue weighted by Gasteiger charge is 2.16. The number of aliphatic imine (C=N–C) groups is 2. The first-order chi connectivity index (χ1) is 19.0. The number of nitrogens with two attached hydrogens (primary N) is 2. The zero-order chi connectivity index (χ0) is 27.2. The van der Waals surface area contributed by atoms with Crippen molar-refractivity contribution in [3.8, 4) is 5.88 Å². The number of aryl methyl sites for hydroxylation is 2. The van der Waals surface area contributed by atoms with Gasteiger partial charge in [-0.2, -0.15) is 0 Å². The van der Waals surface area contributed by atoms with Crippen molar-refractivity contribution < 1.29 is 26.8 Å². The third-order valence-corrected chi connectivity index (χ3v) is 6.09. The number of aromatic nitrogens is 4. The van der Waals surface area contributed by atoms with Crippen molar-refractivity contribution in [2.75, 3.05) is 36.5 Å². The number of aliphatic hydroxyl groups excluding tert-OH is 1. The Morgan fingerprint density at radius 3 is 2.62 bits per heavy atom. The summed E-state index contributed by atoms with van der Waals surface area (Å²) >= 11 is 0. The van der Waals surface area contributed by atoms with Crippen molar-refractivity contribution >= 4 is 45.4 Å². The number of nitrogens with zero attached hydrogens (tertiary/aromatic N) is 6. The van der Waals surface area contributed by atoms with Crippen molar-refractivity contribution in [2.24, 2.45) is 17.0 Å². The third-order valence-electron chi connectivity index (χ3n) is 6.09. The number of pyridine rings is 1. The van der Waals surface area contributed by atoms with Gasteiger partial charge in [-0.1, -0.05) is 6.07 Å². The standard InChI is InChI=1S/C28H32N9O2.ClH/c1-35-13-14-36(19-35)11-4-10-31-20-6-8-21(9-7-20)32-24-18-25(23(30)17-22(24)29)33-27-26-5-2-3-12-37(26)34-28(27)39-16-15-38;/h2-3,5-9,12-14,17-19,33,38H,4,10-11,15-16,29-30H2,1H3;1H/q+1;/p-1. The Hall–Kier alpha value is -4.61. The Kier molecular flexibility index (Phi) is 9.20. The number of rotatable bonds is 10. The maximum Gasteiger partial charge on any atom is 0.258 e. The van der Waals surface area contributed by atoms with Crippen LogP contribution >= 0.6 is 0 Å².